The minimum atomic E-state index is -0.345. The molecule has 0 unspecified atom stereocenters. The molecule has 0 aliphatic rings. The van der Waals surface area contributed by atoms with Crippen LogP contribution < -0.4 is 25.6 Å². The number of hydrogen-bond donors (Lipinski definition) is 3. The molecule has 0 saturated carbocycles. The fraction of sp³-hybridized carbons (Fsp3) is 0.444. The highest BCUT2D eigenvalue weighted by Crippen LogP contribution is 2.36. The molecule has 0 spiro atoms. The van der Waals surface area contributed by atoms with E-state index in [1.54, 1.807) is 18.2 Å². The SMILES string of the molecule is CCOc1cc(/C=C/C(=O)NNC(=S)NCCC(C)C)cc(Cl)c1OC. The summed E-state index contributed by atoms with van der Waals surface area (Å²) in [6, 6.07) is 3.45. The van der Waals surface area contributed by atoms with Crippen LogP contribution in [0.1, 0.15) is 32.8 Å². The number of amides is 1. The molecule has 1 aromatic carbocycles. The van der Waals surface area contributed by atoms with Crippen molar-refractivity contribution in [3.63, 3.8) is 0 Å². The van der Waals surface area contributed by atoms with E-state index in [0.717, 1.165) is 13.0 Å². The Kier molecular flexibility index (Phi) is 9.83. The van der Waals surface area contributed by atoms with Gasteiger partial charge in [-0.05, 0) is 55.3 Å². The van der Waals surface area contributed by atoms with E-state index >= 15 is 0 Å². The van der Waals surface area contributed by atoms with Gasteiger partial charge in [-0.3, -0.25) is 15.6 Å². The van der Waals surface area contributed by atoms with Crippen LogP contribution in [0.15, 0.2) is 18.2 Å². The topological polar surface area (TPSA) is 71.6 Å². The fourth-order valence-electron chi connectivity index (χ4n) is 2.00. The van der Waals surface area contributed by atoms with Gasteiger partial charge in [0.1, 0.15) is 0 Å². The van der Waals surface area contributed by atoms with Gasteiger partial charge in [-0.1, -0.05) is 25.4 Å². The van der Waals surface area contributed by atoms with Crippen molar-refractivity contribution >= 4 is 40.9 Å². The molecule has 8 heteroatoms. The number of rotatable bonds is 8. The zero-order valence-electron chi connectivity index (χ0n) is 15.5. The number of carbonyl (C=O) groups excluding carboxylic acids is 1. The third-order valence-corrected chi connectivity index (χ3v) is 3.80. The van der Waals surface area contributed by atoms with Gasteiger partial charge in [0.2, 0.25) is 0 Å². The van der Waals surface area contributed by atoms with Gasteiger partial charge < -0.3 is 14.8 Å². The highest BCUT2D eigenvalue weighted by Gasteiger charge is 2.10. The number of hydrazine groups is 1. The Bertz CT molecular complexity index is 651. The quantitative estimate of drug-likeness (QED) is 0.354. The average Bonchev–Trinajstić information content (AvgIpc) is 2.58. The smallest absolute Gasteiger partial charge is 0.262 e. The molecule has 0 bridgehead atoms. The van der Waals surface area contributed by atoms with Crippen LogP contribution in [0.3, 0.4) is 0 Å². The molecule has 0 radical (unpaired) electrons. The highest BCUT2D eigenvalue weighted by molar-refractivity contribution is 7.80. The molecular weight excluding hydrogens is 374 g/mol. The summed E-state index contributed by atoms with van der Waals surface area (Å²) in [4.78, 5) is 11.9. The van der Waals surface area contributed by atoms with Crippen LogP contribution in [0, 0.1) is 5.92 Å². The van der Waals surface area contributed by atoms with Crippen LogP contribution in [0.5, 0.6) is 11.5 Å². The van der Waals surface area contributed by atoms with E-state index in [0.29, 0.717) is 39.7 Å². The Labute approximate surface area is 165 Å². The summed E-state index contributed by atoms with van der Waals surface area (Å²) < 4.78 is 10.7. The summed E-state index contributed by atoms with van der Waals surface area (Å²) in [5.74, 6) is 1.23. The van der Waals surface area contributed by atoms with Crippen molar-refractivity contribution in [3.05, 3.63) is 28.8 Å². The Balaban J connectivity index is 2.58. The third-order valence-electron chi connectivity index (χ3n) is 3.27. The van der Waals surface area contributed by atoms with Gasteiger partial charge in [0, 0.05) is 12.6 Å². The van der Waals surface area contributed by atoms with Crippen molar-refractivity contribution < 1.29 is 14.3 Å². The number of halogens is 1. The van der Waals surface area contributed by atoms with Crippen LogP contribution >= 0.6 is 23.8 Å². The molecule has 0 aliphatic heterocycles. The lowest BCUT2D eigenvalue weighted by molar-refractivity contribution is -0.116. The van der Waals surface area contributed by atoms with Gasteiger partial charge in [-0.15, -0.1) is 0 Å². The second kappa shape index (κ2) is 11.6. The van der Waals surface area contributed by atoms with Crippen LogP contribution in [-0.4, -0.2) is 31.3 Å². The lowest BCUT2D eigenvalue weighted by Gasteiger charge is -2.12. The van der Waals surface area contributed by atoms with E-state index in [4.69, 9.17) is 33.3 Å². The van der Waals surface area contributed by atoms with Gasteiger partial charge >= 0.3 is 0 Å². The zero-order valence-corrected chi connectivity index (χ0v) is 17.1. The molecule has 6 nitrogen and oxygen atoms in total. The van der Waals surface area contributed by atoms with Gasteiger partial charge in [0.25, 0.3) is 5.91 Å². The number of ether oxygens (including phenoxy) is 2. The van der Waals surface area contributed by atoms with E-state index in [-0.39, 0.29) is 5.91 Å². The lowest BCUT2D eigenvalue weighted by Crippen LogP contribution is -2.46. The maximum atomic E-state index is 11.9. The first kappa shape index (κ1) is 22.1. The van der Waals surface area contributed by atoms with Gasteiger partial charge in [0.05, 0.1) is 18.7 Å². The fourth-order valence-corrected chi connectivity index (χ4v) is 2.45. The van der Waals surface area contributed by atoms with Crippen LogP contribution in [0.4, 0.5) is 0 Å². The maximum Gasteiger partial charge on any atom is 0.262 e. The molecule has 0 heterocycles. The maximum absolute atomic E-state index is 11.9. The summed E-state index contributed by atoms with van der Waals surface area (Å²) in [5, 5.41) is 3.80. The number of thiocarbonyl (C=S) groups is 1. The first-order valence-electron chi connectivity index (χ1n) is 8.39. The molecule has 26 heavy (non-hydrogen) atoms. The van der Waals surface area contributed by atoms with Crippen molar-refractivity contribution in [1.29, 1.82) is 0 Å². The number of benzene rings is 1. The Morgan fingerprint density at radius 3 is 2.69 bits per heavy atom. The number of hydrogen-bond acceptors (Lipinski definition) is 4. The van der Waals surface area contributed by atoms with E-state index in [2.05, 4.69) is 30.0 Å². The Morgan fingerprint density at radius 2 is 2.08 bits per heavy atom. The standard InChI is InChI=1S/C18H26ClN3O3S/c1-5-25-15-11-13(10-14(19)17(15)24-4)6-7-16(23)21-22-18(26)20-9-8-12(2)3/h6-7,10-12H,5,8-9H2,1-4H3,(H,21,23)(H2,20,22,26)/b7-6+. The molecule has 3 N–H and O–H groups in total. The first-order valence-corrected chi connectivity index (χ1v) is 9.18. The van der Waals surface area contributed by atoms with Gasteiger partial charge in [-0.2, -0.15) is 0 Å². The minimum Gasteiger partial charge on any atom is -0.491 e. The van der Waals surface area contributed by atoms with Crippen molar-refractivity contribution in [1.82, 2.24) is 16.2 Å². The minimum absolute atomic E-state index is 0.345. The molecule has 144 valence electrons. The van der Waals surface area contributed by atoms with Crippen molar-refractivity contribution in [2.45, 2.75) is 27.2 Å². The van der Waals surface area contributed by atoms with Crippen LogP contribution in [0.2, 0.25) is 5.02 Å². The monoisotopic (exact) mass is 399 g/mol. The molecule has 0 atom stereocenters. The Hall–Kier alpha value is -1.99. The lowest BCUT2D eigenvalue weighted by atomic mass is 10.1. The summed E-state index contributed by atoms with van der Waals surface area (Å²) in [6.45, 7) is 7.36. The second-order valence-electron chi connectivity index (χ2n) is 5.85. The number of nitrogens with one attached hydrogen (secondary N) is 3. The number of methoxy groups -OCH3 is 1. The molecule has 1 amide bonds. The molecule has 0 fully saturated rings. The summed E-state index contributed by atoms with van der Waals surface area (Å²) in [6.07, 6.45) is 3.99. The van der Waals surface area contributed by atoms with E-state index in [1.807, 2.05) is 6.92 Å². The van der Waals surface area contributed by atoms with E-state index in [9.17, 15) is 4.79 Å². The molecule has 0 saturated heterocycles. The summed E-state index contributed by atoms with van der Waals surface area (Å²) in [5.41, 5.74) is 5.87. The van der Waals surface area contributed by atoms with Crippen molar-refractivity contribution in [3.8, 4) is 11.5 Å². The highest BCUT2D eigenvalue weighted by atomic mass is 35.5. The first-order chi connectivity index (χ1) is 12.4. The van der Waals surface area contributed by atoms with Gasteiger partial charge in [-0.25, -0.2) is 0 Å². The van der Waals surface area contributed by atoms with Crippen LogP contribution in [0.25, 0.3) is 6.08 Å². The van der Waals surface area contributed by atoms with Gasteiger partial charge in [0.15, 0.2) is 16.6 Å². The van der Waals surface area contributed by atoms with Crippen molar-refractivity contribution in [2.24, 2.45) is 5.92 Å². The molecule has 0 aliphatic carbocycles. The zero-order chi connectivity index (χ0) is 19.5. The predicted octanol–water partition coefficient (Wildman–Crippen LogP) is 3.30. The molecule has 1 aromatic rings. The van der Waals surface area contributed by atoms with E-state index in [1.165, 1.54) is 13.2 Å². The predicted molar refractivity (Wildman–Crippen MR) is 110 cm³/mol. The Morgan fingerprint density at radius 1 is 1.35 bits per heavy atom. The average molecular weight is 400 g/mol. The third kappa shape index (κ3) is 7.93. The van der Waals surface area contributed by atoms with E-state index < -0.39 is 0 Å². The van der Waals surface area contributed by atoms with Crippen LogP contribution in [-0.2, 0) is 4.79 Å². The number of carbonyl (C=O) groups is 1. The van der Waals surface area contributed by atoms with Crippen molar-refractivity contribution in [2.75, 3.05) is 20.3 Å². The summed E-state index contributed by atoms with van der Waals surface area (Å²) in [7, 11) is 1.52. The molecular formula is C18H26ClN3O3S. The summed E-state index contributed by atoms with van der Waals surface area (Å²) >= 11 is 11.3. The molecule has 1 rings (SSSR count). The second-order valence-corrected chi connectivity index (χ2v) is 6.67. The molecule has 0 aromatic heterocycles. The largest absolute Gasteiger partial charge is 0.491 e. The normalized spacial score (nSPS) is 10.7.